The summed E-state index contributed by atoms with van der Waals surface area (Å²) < 4.78 is 0. The Morgan fingerprint density at radius 1 is 0.821 bits per heavy atom. The maximum absolute atomic E-state index is 13.6. The van der Waals surface area contributed by atoms with Gasteiger partial charge in [-0.15, -0.1) is 0 Å². The van der Waals surface area contributed by atoms with Crippen LogP contribution < -0.4 is 0 Å². The first-order valence-electron chi connectivity index (χ1n) is 14.2. The van der Waals surface area contributed by atoms with E-state index in [0.29, 0.717) is 0 Å². The van der Waals surface area contributed by atoms with Gasteiger partial charge in [0.2, 0.25) is 0 Å². The van der Waals surface area contributed by atoms with Crippen molar-refractivity contribution in [3.63, 3.8) is 0 Å². The molecule has 0 N–H and O–H groups in total. The van der Waals surface area contributed by atoms with Crippen LogP contribution in [0.4, 0.5) is 0 Å². The molecule has 1 unspecified atom stereocenters. The first kappa shape index (κ1) is 25.4. The molecule has 2 aromatic heterocycles. The van der Waals surface area contributed by atoms with E-state index < -0.39 is 0 Å². The lowest BCUT2D eigenvalue weighted by Crippen LogP contribution is -2.31. The lowest BCUT2D eigenvalue weighted by molar-refractivity contribution is 0.0732. The molecule has 4 aromatic rings. The van der Waals surface area contributed by atoms with E-state index in [-0.39, 0.29) is 11.9 Å². The summed E-state index contributed by atoms with van der Waals surface area (Å²) in [6.45, 7) is 8.34. The minimum atomic E-state index is 0.00806. The van der Waals surface area contributed by atoms with Crippen LogP contribution in [0.25, 0.3) is 22.3 Å². The molecule has 1 amide bonds. The summed E-state index contributed by atoms with van der Waals surface area (Å²) in [5.41, 5.74) is 9.83. The molecule has 2 aromatic carbocycles. The molecule has 5 nitrogen and oxygen atoms in total. The normalized spacial score (nSPS) is 17.6. The monoisotopic (exact) mass is 516 g/mol. The van der Waals surface area contributed by atoms with Crippen LogP contribution in [0.3, 0.4) is 0 Å². The van der Waals surface area contributed by atoms with E-state index in [1.54, 1.807) is 0 Å². The molecular weight excluding hydrogens is 480 g/mol. The Morgan fingerprint density at radius 2 is 1.62 bits per heavy atom. The number of pyridine rings is 2. The van der Waals surface area contributed by atoms with Gasteiger partial charge in [-0.2, -0.15) is 0 Å². The third-order valence-corrected chi connectivity index (χ3v) is 8.15. The molecule has 0 bridgehead atoms. The van der Waals surface area contributed by atoms with Gasteiger partial charge in [-0.05, 0) is 111 Å². The molecular formula is C34H36N4O. The summed E-state index contributed by atoms with van der Waals surface area (Å²) in [6.07, 6.45) is 10.3. The first-order valence-corrected chi connectivity index (χ1v) is 14.2. The zero-order valence-electron chi connectivity index (χ0n) is 22.9. The zero-order valence-corrected chi connectivity index (χ0v) is 22.9. The van der Waals surface area contributed by atoms with Crippen molar-refractivity contribution in [1.29, 1.82) is 0 Å². The van der Waals surface area contributed by atoms with Gasteiger partial charge in [0.1, 0.15) is 0 Å². The first-order chi connectivity index (χ1) is 19.0. The van der Waals surface area contributed by atoms with Crippen molar-refractivity contribution in [2.45, 2.75) is 52.1 Å². The number of aromatic nitrogens is 2. The van der Waals surface area contributed by atoms with Crippen molar-refractivity contribution >= 4 is 5.91 Å². The molecule has 4 heterocycles. The Bertz CT molecular complexity index is 1470. The summed E-state index contributed by atoms with van der Waals surface area (Å²) >= 11 is 0. The molecule has 2 saturated heterocycles. The van der Waals surface area contributed by atoms with Gasteiger partial charge in [0.25, 0.3) is 5.91 Å². The fraction of sp³-hybridized carbons (Fsp3) is 0.324. The van der Waals surface area contributed by atoms with E-state index in [9.17, 15) is 4.79 Å². The highest BCUT2D eigenvalue weighted by molar-refractivity contribution is 5.95. The van der Waals surface area contributed by atoms with Crippen molar-refractivity contribution in [1.82, 2.24) is 19.8 Å². The zero-order chi connectivity index (χ0) is 26.8. The van der Waals surface area contributed by atoms with Crippen LogP contribution in [0.5, 0.6) is 0 Å². The molecule has 2 aliphatic heterocycles. The standard InChI is InChI=1S/C34H36N4O/c1-24-17-30(21-35-20-24)27-10-12-28(13-11-27)34(39)38-16-6-9-32(38)33-25(2)18-31(22-36-33)29-8-5-7-26(19-29)23-37-14-3-4-15-37/h5,7-8,10-13,17-22,32H,3-4,6,9,14-16,23H2,1-2H3. The van der Waals surface area contributed by atoms with Crippen LogP contribution in [-0.4, -0.2) is 45.3 Å². The molecule has 2 aliphatic rings. The summed E-state index contributed by atoms with van der Waals surface area (Å²) in [7, 11) is 0. The second-order valence-corrected chi connectivity index (χ2v) is 11.1. The predicted molar refractivity (Wildman–Crippen MR) is 156 cm³/mol. The number of benzene rings is 2. The molecule has 0 saturated carbocycles. The van der Waals surface area contributed by atoms with Gasteiger partial charge in [0.05, 0.1) is 11.7 Å². The fourth-order valence-corrected chi connectivity index (χ4v) is 6.12. The number of carbonyl (C=O) groups excluding carboxylic acids is 1. The van der Waals surface area contributed by atoms with Gasteiger partial charge in [-0.3, -0.25) is 19.7 Å². The average molecular weight is 517 g/mol. The molecule has 0 spiro atoms. The Labute approximate surface area is 231 Å². The molecule has 0 radical (unpaired) electrons. The van der Waals surface area contributed by atoms with Crippen molar-refractivity contribution in [3.8, 4) is 22.3 Å². The maximum Gasteiger partial charge on any atom is 0.254 e. The lowest BCUT2D eigenvalue weighted by atomic mass is 9.99. The number of hydrogen-bond donors (Lipinski definition) is 0. The third kappa shape index (κ3) is 5.50. The molecule has 6 rings (SSSR count). The van der Waals surface area contributed by atoms with Gasteiger partial charge < -0.3 is 4.90 Å². The van der Waals surface area contributed by atoms with E-state index in [1.165, 1.54) is 37.1 Å². The predicted octanol–water partition coefficient (Wildman–Crippen LogP) is 7.00. The van der Waals surface area contributed by atoms with Crippen molar-refractivity contribution < 1.29 is 4.79 Å². The van der Waals surface area contributed by atoms with Gasteiger partial charge in [0, 0.05) is 48.4 Å². The Balaban J connectivity index is 1.19. The Hall–Kier alpha value is -3.83. The van der Waals surface area contributed by atoms with Crippen molar-refractivity contribution in [2.75, 3.05) is 19.6 Å². The SMILES string of the molecule is Cc1cncc(-c2ccc(C(=O)N3CCCC3c3ncc(-c4cccc(CN5CCCC5)c4)cc3C)cc2)c1. The number of rotatable bonds is 6. The Morgan fingerprint density at radius 3 is 2.38 bits per heavy atom. The van der Waals surface area contributed by atoms with Gasteiger partial charge in [0.15, 0.2) is 0 Å². The number of carbonyl (C=O) groups is 1. The molecule has 0 aliphatic carbocycles. The number of amides is 1. The summed E-state index contributed by atoms with van der Waals surface area (Å²) in [5.74, 6) is 0.0753. The average Bonchev–Trinajstić information content (AvgIpc) is 3.65. The van der Waals surface area contributed by atoms with Crippen molar-refractivity contribution in [2.24, 2.45) is 0 Å². The van der Waals surface area contributed by atoms with Crippen LogP contribution in [0, 0.1) is 13.8 Å². The van der Waals surface area contributed by atoms with E-state index >= 15 is 0 Å². The molecule has 198 valence electrons. The molecule has 1 atom stereocenters. The minimum absolute atomic E-state index is 0.00806. The second-order valence-electron chi connectivity index (χ2n) is 11.1. The van der Waals surface area contributed by atoms with Crippen LogP contribution in [0.15, 0.2) is 79.3 Å². The van der Waals surface area contributed by atoms with Gasteiger partial charge in [-0.25, -0.2) is 0 Å². The van der Waals surface area contributed by atoms with E-state index in [0.717, 1.165) is 65.0 Å². The van der Waals surface area contributed by atoms with Crippen LogP contribution in [0.2, 0.25) is 0 Å². The summed E-state index contributed by atoms with van der Waals surface area (Å²) in [6, 6.07) is 21.1. The number of aryl methyl sites for hydroxylation is 2. The fourth-order valence-electron chi connectivity index (χ4n) is 6.12. The number of nitrogens with zero attached hydrogens (tertiary/aromatic N) is 4. The third-order valence-electron chi connectivity index (χ3n) is 8.15. The quantitative estimate of drug-likeness (QED) is 0.277. The van der Waals surface area contributed by atoms with Crippen LogP contribution in [-0.2, 0) is 6.54 Å². The Kier molecular flexibility index (Phi) is 7.25. The number of likely N-dealkylation sites (tertiary alicyclic amines) is 2. The molecule has 5 heteroatoms. The maximum atomic E-state index is 13.6. The highest BCUT2D eigenvalue weighted by Crippen LogP contribution is 2.35. The van der Waals surface area contributed by atoms with Crippen LogP contribution in [0.1, 0.15) is 64.5 Å². The lowest BCUT2D eigenvalue weighted by Gasteiger charge is -2.26. The van der Waals surface area contributed by atoms with Gasteiger partial charge in [-0.1, -0.05) is 30.3 Å². The highest BCUT2D eigenvalue weighted by atomic mass is 16.2. The topological polar surface area (TPSA) is 49.3 Å². The smallest absolute Gasteiger partial charge is 0.254 e. The van der Waals surface area contributed by atoms with Crippen LogP contribution >= 0.6 is 0 Å². The minimum Gasteiger partial charge on any atom is -0.330 e. The van der Waals surface area contributed by atoms with E-state index in [1.807, 2.05) is 54.7 Å². The molecule has 39 heavy (non-hydrogen) atoms. The number of hydrogen-bond acceptors (Lipinski definition) is 4. The van der Waals surface area contributed by atoms with E-state index in [2.05, 4.69) is 53.2 Å². The van der Waals surface area contributed by atoms with Gasteiger partial charge >= 0.3 is 0 Å². The van der Waals surface area contributed by atoms with E-state index in [4.69, 9.17) is 4.98 Å². The summed E-state index contributed by atoms with van der Waals surface area (Å²) in [4.78, 5) is 27.4. The highest BCUT2D eigenvalue weighted by Gasteiger charge is 2.32. The summed E-state index contributed by atoms with van der Waals surface area (Å²) in [5, 5.41) is 0. The molecule has 2 fully saturated rings. The second kappa shape index (κ2) is 11.1. The van der Waals surface area contributed by atoms with Crippen molar-refractivity contribution in [3.05, 3.63) is 107 Å². The largest absolute Gasteiger partial charge is 0.330 e.